The average molecular weight is 324 g/mol. The number of aliphatic hydroxyl groups excluding tert-OH is 4. The van der Waals surface area contributed by atoms with E-state index in [9.17, 15) is 28.5 Å². The second-order valence-corrected chi connectivity index (χ2v) is 6.32. The van der Waals surface area contributed by atoms with Crippen LogP contribution in [0, 0.1) is 0 Å². The molecule has 2 rings (SSSR count). The van der Waals surface area contributed by atoms with Gasteiger partial charge in [-0.15, -0.1) is 0 Å². The third-order valence-electron chi connectivity index (χ3n) is 3.27. The summed E-state index contributed by atoms with van der Waals surface area (Å²) in [5.74, 6) is -0.853. The molecule has 0 saturated carbocycles. The van der Waals surface area contributed by atoms with E-state index in [0.29, 0.717) is 4.31 Å². The molecule has 1 fully saturated rings. The molecule has 0 spiro atoms. The zero-order valence-corrected chi connectivity index (χ0v) is 11.8. The molecule has 5 atom stereocenters. The zero-order chi connectivity index (χ0) is 15.9. The van der Waals surface area contributed by atoms with Crippen LogP contribution in [0.3, 0.4) is 0 Å². The van der Waals surface area contributed by atoms with E-state index in [2.05, 4.69) is 0 Å². The molecule has 10 nitrogen and oxygen atoms in total. The second kappa shape index (κ2) is 5.51. The lowest BCUT2D eigenvalue weighted by Crippen LogP contribution is -2.65. The minimum atomic E-state index is -4.32. The maximum absolute atomic E-state index is 12.0. The Morgan fingerprint density at radius 2 is 1.90 bits per heavy atom. The number of hydrogen-bond donors (Lipinski definition) is 5. The van der Waals surface area contributed by atoms with Crippen molar-refractivity contribution in [1.29, 1.82) is 0 Å². The van der Waals surface area contributed by atoms with Crippen LogP contribution >= 0.6 is 0 Å². The molecule has 0 unspecified atom stereocenters. The Bertz CT molecular complexity index is 559. The first kappa shape index (κ1) is 16.1. The number of allylic oxidation sites excluding steroid dienone is 1. The van der Waals surface area contributed by atoms with E-state index in [4.69, 9.17) is 9.84 Å². The molecular weight excluding hydrogens is 308 g/mol. The van der Waals surface area contributed by atoms with Crippen LogP contribution in [-0.2, 0) is 19.7 Å². The summed E-state index contributed by atoms with van der Waals surface area (Å²) in [5.41, 5.74) is -0.0388. The number of nitrogens with one attached hydrogen (secondary N) is 1. The van der Waals surface area contributed by atoms with Gasteiger partial charge in [0.15, 0.2) is 6.23 Å². The first-order valence-electron chi connectivity index (χ1n) is 6.04. The van der Waals surface area contributed by atoms with Gasteiger partial charge >= 0.3 is 10.2 Å². The van der Waals surface area contributed by atoms with Gasteiger partial charge in [0.25, 0.3) is 5.91 Å². The first-order valence-corrected chi connectivity index (χ1v) is 7.48. The maximum Gasteiger partial charge on any atom is 0.328 e. The van der Waals surface area contributed by atoms with Gasteiger partial charge in [-0.05, 0) is 6.92 Å². The molecule has 1 saturated heterocycles. The van der Waals surface area contributed by atoms with E-state index in [1.165, 1.54) is 6.92 Å². The van der Waals surface area contributed by atoms with Gasteiger partial charge in [0.1, 0.15) is 24.4 Å². The van der Waals surface area contributed by atoms with Gasteiger partial charge in [0.05, 0.1) is 6.61 Å². The standard InChI is InChI=1S/C10H16N2O8S/c1-4-2-6(14)11-21(18,19)12(4)10-9(17)8(16)7(15)5(3-13)20-10/h2,5,7-10,13,15-17H,3H2,1H3,(H,11,14)/t5-,7-,8+,9-,10-/m1/s1. The van der Waals surface area contributed by atoms with E-state index in [-0.39, 0.29) is 5.70 Å². The Balaban J connectivity index is 2.39. The monoisotopic (exact) mass is 324 g/mol. The van der Waals surface area contributed by atoms with Crippen LogP contribution < -0.4 is 4.72 Å². The predicted molar refractivity (Wildman–Crippen MR) is 66.4 cm³/mol. The van der Waals surface area contributed by atoms with Crippen molar-refractivity contribution in [3.8, 4) is 0 Å². The lowest BCUT2D eigenvalue weighted by atomic mass is 9.98. The van der Waals surface area contributed by atoms with Crippen molar-refractivity contribution in [2.24, 2.45) is 0 Å². The highest BCUT2D eigenvalue weighted by Gasteiger charge is 2.49. The van der Waals surface area contributed by atoms with E-state index in [0.717, 1.165) is 6.08 Å². The molecule has 21 heavy (non-hydrogen) atoms. The highest BCUT2D eigenvalue weighted by atomic mass is 32.2. The van der Waals surface area contributed by atoms with Gasteiger partial charge in [-0.2, -0.15) is 8.42 Å². The smallest absolute Gasteiger partial charge is 0.328 e. The van der Waals surface area contributed by atoms with E-state index in [1.807, 2.05) is 0 Å². The van der Waals surface area contributed by atoms with Gasteiger partial charge in [0, 0.05) is 11.8 Å². The van der Waals surface area contributed by atoms with E-state index < -0.39 is 53.4 Å². The Kier molecular flexibility index (Phi) is 4.24. The summed E-state index contributed by atoms with van der Waals surface area (Å²) in [7, 11) is -4.32. The summed E-state index contributed by atoms with van der Waals surface area (Å²) in [6.45, 7) is 0.613. The number of rotatable bonds is 2. The van der Waals surface area contributed by atoms with Crippen molar-refractivity contribution >= 4 is 16.1 Å². The Hall–Kier alpha value is -1.24. The largest absolute Gasteiger partial charge is 0.394 e. The quantitative estimate of drug-likeness (QED) is 0.348. The van der Waals surface area contributed by atoms with Gasteiger partial charge in [0.2, 0.25) is 0 Å². The normalized spacial score (nSPS) is 39.7. The van der Waals surface area contributed by atoms with Crippen LogP contribution in [0.25, 0.3) is 0 Å². The summed E-state index contributed by atoms with van der Waals surface area (Å²) >= 11 is 0. The Labute approximate surface area is 120 Å². The molecule has 2 heterocycles. The molecule has 2 aliphatic heterocycles. The van der Waals surface area contributed by atoms with Crippen molar-refractivity contribution in [3.05, 3.63) is 11.8 Å². The van der Waals surface area contributed by atoms with Crippen LogP contribution in [0.5, 0.6) is 0 Å². The molecule has 0 aromatic heterocycles. The number of ether oxygens (including phenoxy) is 1. The van der Waals surface area contributed by atoms with Crippen molar-refractivity contribution in [1.82, 2.24) is 9.03 Å². The third kappa shape index (κ3) is 2.75. The molecule has 0 aliphatic carbocycles. The van der Waals surface area contributed by atoms with Crippen molar-refractivity contribution in [2.45, 2.75) is 37.6 Å². The second-order valence-electron chi connectivity index (χ2n) is 4.77. The molecule has 0 bridgehead atoms. The number of hydrogen-bond acceptors (Lipinski definition) is 8. The van der Waals surface area contributed by atoms with Crippen LogP contribution in [-0.4, -0.2) is 76.3 Å². The summed E-state index contributed by atoms with van der Waals surface area (Å²) in [5, 5.41) is 38.4. The number of carbonyl (C=O) groups excluding carboxylic acids is 1. The number of aliphatic hydroxyl groups is 4. The van der Waals surface area contributed by atoms with Crippen molar-refractivity contribution in [3.63, 3.8) is 0 Å². The summed E-state index contributed by atoms with van der Waals surface area (Å²) in [6, 6.07) is 0. The lowest BCUT2D eigenvalue weighted by Gasteiger charge is -2.45. The van der Waals surface area contributed by atoms with Gasteiger partial charge in [-0.25, -0.2) is 9.03 Å². The fourth-order valence-electron chi connectivity index (χ4n) is 2.26. The van der Waals surface area contributed by atoms with Crippen LogP contribution in [0.2, 0.25) is 0 Å². The molecule has 5 N–H and O–H groups in total. The first-order chi connectivity index (χ1) is 9.69. The van der Waals surface area contributed by atoms with E-state index >= 15 is 0 Å². The fraction of sp³-hybridized carbons (Fsp3) is 0.700. The Morgan fingerprint density at radius 1 is 1.29 bits per heavy atom. The number of carbonyl (C=O) groups is 1. The highest BCUT2D eigenvalue weighted by Crippen LogP contribution is 2.28. The van der Waals surface area contributed by atoms with Gasteiger partial charge < -0.3 is 25.2 Å². The third-order valence-corrected chi connectivity index (χ3v) is 4.75. The minimum Gasteiger partial charge on any atom is -0.394 e. The van der Waals surface area contributed by atoms with Crippen molar-refractivity contribution < 1.29 is 38.4 Å². The van der Waals surface area contributed by atoms with Crippen LogP contribution in [0.1, 0.15) is 6.92 Å². The van der Waals surface area contributed by atoms with Crippen LogP contribution in [0.4, 0.5) is 0 Å². The molecule has 11 heteroatoms. The van der Waals surface area contributed by atoms with E-state index in [1.54, 1.807) is 4.72 Å². The SMILES string of the molecule is CC1=CC(=O)NS(=O)(=O)N1[C@@H]1O[C@H](CO)[C@@H](O)[C@H](O)[C@H]1O. The Morgan fingerprint density at radius 3 is 2.43 bits per heavy atom. The number of nitrogens with zero attached hydrogens (tertiary/aromatic N) is 1. The molecule has 1 amide bonds. The zero-order valence-electron chi connectivity index (χ0n) is 10.9. The fourth-order valence-corrected chi connectivity index (χ4v) is 3.55. The highest BCUT2D eigenvalue weighted by molar-refractivity contribution is 7.88. The van der Waals surface area contributed by atoms with Gasteiger partial charge in [-0.1, -0.05) is 0 Å². The van der Waals surface area contributed by atoms with Crippen molar-refractivity contribution in [2.75, 3.05) is 6.61 Å². The molecule has 0 aromatic carbocycles. The summed E-state index contributed by atoms with van der Waals surface area (Å²) in [4.78, 5) is 11.2. The summed E-state index contributed by atoms with van der Waals surface area (Å²) < 4.78 is 31.4. The molecule has 0 radical (unpaired) electrons. The predicted octanol–water partition coefficient (Wildman–Crippen LogP) is -3.63. The summed E-state index contributed by atoms with van der Waals surface area (Å²) in [6.07, 6.45) is -6.97. The average Bonchev–Trinajstić information content (AvgIpc) is 2.36. The maximum atomic E-state index is 12.0. The molecule has 0 aromatic rings. The number of amides is 1. The lowest BCUT2D eigenvalue weighted by molar-refractivity contribution is -0.249. The van der Waals surface area contributed by atoms with Gasteiger partial charge in [-0.3, -0.25) is 4.79 Å². The molecule has 120 valence electrons. The molecule has 2 aliphatic rings. The topological polar surface area (TPSA) is 157 Å². The van der Waals surface area contributed by atoms with Crippen LogP contribution in [0.15, 0.2) is 11.8 Å². The minimum absolute atomic E-state index is 0.0388. The molecular formula is C10H16N2O8S.